The maximum absolute atomic E-state index is 13.8. The minimum atomic E-state index is -0.908. The zero-order chi connectivity index (χ0) is 28.7. The number of β-amino-alcohol motifs (C(OH)–C–C–N with tert-alkyl or cyclic N) is 1. The van der Waals surface area contributed by atoms with Crippen LogP contribution in [-0.2, 0) is 35.7 Å². The minimum Gasteiger partial charge on any atom is -0.394 e. The van der Waals surface area contributed by atoms with Crippen LogP contribution in [0.1, 0.15) is 42.5 Å². The van der Waals surface area contributed by atoms with Gasteiger partial charge in [0.1, 0.15) is 6.04 Å². The van der Waals surface area contributed by atoms with Crippen molar-refractivity contribution in [2.45, 2.75) is 64.1 Å². The van der Waals surface area contributed by atoms with Gasteiger partial charge in [-0.15, -0.1) is 0 Å². The Morgan fingerprint density at radius 1 is 1.00 bits per heavy atom. The molecule has 0 fully saturated rings. The maximum atomic E-state index is 13.8. The van der Waals surface area contributed by atoms with E-state index in [1.807, 2.05) is 86.6 Å². The number of carbonyl (C=O) groups excluding carboxylic acids is 2. The van der Waals surface area contributed by atoms with Crippen LogP contribution in [0.5, 0.6) is 0 Å². The normalized spacial score (nSPS) is 16.3. The predicted molar refractivity (Wildman–Crippen MR) is 154 cm³/mol. The van der Waals surface area contributed by atoms with Crippen LogP contribution in [0.3, 0.4) is 0 Å². The molecule has 1 aliphatic rings. The first-order valence-electron chi connectivity index (χ1n) is 13.7. The van der Waals surface area contributed by atoms with Crippen molar-refractivity contribution in [3.8, 4) is 11.1 Å². The molecule has 3 aromatic carbocycles. The van der Waals surface area contributed by atoms with Crippen molar-refractivity contribution in [1.82, 2.24) is 15.5 Å². The molecule has 3 aromatic rings. The second kappa shape index (κ2) is 13.2. The highest BCUT2D eigenvalue weighted by Gasteiger charge is 2.32. The number of carbonyl (C=O) groups is 2. The lowest BCUT2D eigenvalue weighted by Gasteiger charge is -2.29. The fourth-order valence-electron chi connectivity index (χ4n) is 5.09. The van der Waals surface area contributed by atoms with Gasteiger partial charge in [-0.3, -0.25) is 9.59 Å². The third kappa shape index (κ3) is 7.55. The lowest BCUT2D eigenvalue weighted by Crippen LogP contribution is -2.51. The minimum absolute atomic E-state index is 0.0371. The van der Waals surface area contributed by atoms with Crippen molar-refractivity contribution in [1.29, 1.82) is 0 Å². The number of rotatable bonds is 11. The fraction of sp³-hybridized carbons (Fsp3) is 0.375. The molecule has 4 rings (SSSR count). The molecule has 212 valence electrons. The van der Waals surface area contributed by atoms with Crippen LogP contribution in [0.2, 0.25) is 0 Å². The largest absolute Gasteiger partial charge is 0.394 e. The third-order valence-electron chi connectivity index (χ3n) is 7.30. The van der Waals surface area contributed by atoms with Gasteiger partial charge < -0.3 is 30.9 Å². The molecule has 0 unspecified atom stereocenters. The SMILES string of the molecule is CC(C)(CC(=O)N[C@@H]1Cc2ccccc2CN(Cc2ccc(-c3ccccc3CO)cc2)C1=O)NC[C@H](O)CO. The molecular weight excluding hydrogens is 506 g/mol. The van der Waals surface area contributed by atoms with Gasteiger partial charge in [-0.05, 0) is 47.2 Å². The lowest BCUT2D eigenvalue weighted by atomic mass is 9.98. The lowest BCUT2D eigenvalue weighted by molar-refractivity contribution is -0.137. The van der Waals surface area contributed by atoms with E-state index in [0.717, 1.165) is 33.4 Å². The van der Waals surface area contributed by atoms with E-state index in [1.54, 1.807) is 4.90 Å². The highest BCUT2D eigenvalue weighted by Crippen LogP contribution is 2.26. The molecule has 2 atom stereocenters. The van der Waals surface area contributed by atoms with E-state index < -0.39 is 17.7 Å². The topological polar surface area (TPSA) is 122 Å². The van der Waals surface area contributed by atoms with E-state index >= 15 is 0 Å². The molecule has 0 spiro atoms. The van der Waals surface area contributed by atoms with Crippen LogP contribution in [0.25, 0.3) is 11.1 Å². The summed E-state index contributed by atoms with van der Waals surface area (Å²) in [4.78, 5) is 28.6. The van der Waals surface area contributed by atoms with Crippen molar-refractivity contribution in [3.63, 3.8) is 0 Å². The predicted octanol–water partition coefficient (Wildman–Crippen LogP) is 2.53. The fourth-order valence-corrected chi connectivity index (χ4v) is 5.09. The highest BCUT2D eigenvalue weighted by atomic mass is 16.3. The molecule has 0 aromatic heterocycles. The van der Waals surface area contributed by atoms with Crippen molar-refractivity contribution in [2.75, 3.05) is 13.2 Å². The van der Waals surface area contributed by atoms with Crippen LogP contribution in [0.15, 0.2) is 72.8 Å². The number of aliphatic hydroxyl groups excluding tert-OH is 3. The van der Waals surface area contributed by atoms with E-state index in [2.05, 4.69) is 10.6 Å². The molecule has 0 saturated heterocycles. The summed E-state index contributed by atoms with van der Waals surface area (Å²) in [5.74, 6) is -0.402. The smallest absolute Gasteiger partial charge is 0.246 e. The van der Waals surface area contributed by atoms with Gasteiger partial charge >= 0.3 is 0 Å². The number of nitrogens with one attached hydrogen (secondary N) is 2. The maximum Gasteiger partial charge on any atom is 0.246 e. The van der Waals surface area contributed by atoms with Gasteiger partial charge in [-0.1, -0.05) is 72.8 Å². The Labute approximate surface area is 235 Å². The summed E-state index contributed by atoms with van der Waals surface area (Å²) in [5.41, 5.74) is 5.24. The number of amides is 2. The van der Waals surface area contributed by atoms with Gasteiger partial charge in [0.2, 0.25) is 11.8 Å². The number of hydrogen-bond donors (Lipinski definition) is 5. The average molecular weight is 546 g/mol. The summed E-state index contributed by atoms with van der Waals surface area (Å²) in [6.07, 6.45) is -0.396. The first-order valence-corrected chi connectivity index (χ1v) is 13.7. The van der Waals surface area contributed by atoms with Gasteiger partial charge in [0, 0.05) is 38.0 Å². The quantitative estimate of drug-likeness (QED) is 0.253. The van der Waals surface area contributed by atoms with Gasteiger partial charge in [0.15, 0.2) is 0 Å². The van der Waals surface area contributed by atoms with E-state index in [1.165, 1.54) is 0 Å². The molecule has 40 heavy (non-hydrogen) atoms. The third-order valence-corrected chi connectivity index (χ3v) is 7.30. The van der Waals surface area contributed by atoms with Crippen molar-refractivity contribution < 1.29 is 24.9 Å². The zero-order valence-electron chi connectivity index (χ0n) is 23.1. The van der Waals surface area contributed by atoms with E-state index in [-0.39, 0.29) is 38.0 Å². The van der Waals surface area contributed by atoms with Gasteiger partial charge in [-0.25, -0.2) is 0 Å². The van der Waals surface area contributed by atoms with Crippen LogP contribution in [0.4, 0.5) is 0 Å². The van der Waals surface area contributed by atoms with Gasteiger partial charge in [-0.2, -0.15) is 0 Å². The molecule has 8 heteroatoms. The number of hydrogen-bond acceptors (Lipinski definition) is 6. The Morgan fingerprint density at radius 2 is 1.68 bits per heavy atom. The summed E-state index contributed by atoms with van der Waals surface area (Å²) in [7, 11) is 0. The Kier molecular flexibility index (Phi) is 9.71. The van der Waals surface area contributed by atoms with E-state index in [4.69, 9.17) is 5.11 Å². The molecule has 2 amide bonds. The van der Waals surface area contributed by atoms with Gasteiger partial charge in [0.25, 0.3) is 0 Å². The number of aliphatic hydroxyl groups is 3. The molecule has 8 nitrogen and oxygen atoms in total. The molecule has 0 radical (unpaired) electrons. The summed E-state index contributed by atoms with van der Waals surface area (Å²) in [5, 5.41) is 34.5. The number of nitrogens with zero attached hydrogens (tertiary/aromatic N) is 1. The monoisotopic (exact) mass is 545 g/mol. The molecule has 0 saturated carbocycles. The first kappa shape index (κ1) is 29.4. The zero-order valence-corrected chi connectivity index (χ0v) is 23.1. The molecule has 0 aliphatic carbocycles. The summed E-state index contributed by atoms with van der Waals surface area (Å²) in [6, 6.07) is 23.0. The van der Waals surface area contributed by atoms with Crippen molar-refractivity contribution in [3.05, 3.63) is 95.1 Å². The molecule has 0 bridgehead atoms. The molecule has 5 N–H and O–H groups in total. The summed E-state index contributed by atoms with van der Waals surface area (Å²) in [6.45, 7) is 4.29. The second-order valence-corrected chi connectivity index (χ2v) is 11.1. The Balaban J connectivity index is 1.49. The standard InChI is InChI=1S/C32H39N3O5/c1-32(2,33-17-27(38)21-37)16-30(39)34-29-15-24-7-3-4-8-25(24)19-35(31(29)40)18-22-11-13-23(14-12-22)28-10-6-5-9-26(28)20-36/h3-14,27,29,33,36-38H,15-21H2,1-2H3,(H,34,39)/t27-,29+/m0/s1. The van der Waals surface area contributed by atoms with Crippen LogP contribution in [-0.4, -0.2) is 62.9 Å². The average Bonchev–Trinajstić information content (AvgIpc) is 3.07. The summed E-state index contributed by atoms with van der Waals surface area (Å²) >= 11 is 0. The van der Waals surface area contributed by atoms with Gasteiger partial charge in [0.05, 0.1) is 19.3 Å². The number of benzene rings is 3. The number of fused-ring (bicyclic) bond motifs is 1. The van der Waals surface area contributed by atoms with E-state index in [0.29, 0.717) is 19.5 Å². The van der Waals surface area contributed by atoms with Crippen LogP contribution in [0, 0.1) is 0 Å². The summed E-state index contributed by atoms with van der Waals surface area (Å²) < 4.78 is 0. The van der Waals surface area contributed by atoms with Crippen molar-refractivity contribution >= 4 is 11.8 Å². The van der Waals surface area contributed by atoms with Crippen molar-refractivity contribution in [2.24, 2.45) is 0 Å². The molecule has 1 heterocycles. The molecular formula is C32H39N3O5. The van der Waals surface area contributed by atoms with E-state index in [9.17, 15) is 19.8 Å². The first-order chi connectivity index (χ1) is 19.2. The Morgan fingerprint density at radius 3 is 2.38 bits per heavy atom. The Bertz CT molecular complexity index is 1310. The molecule has 1 aliphatic heterocycles. The second-order valence-electron chi connectivity index (χ2n) is 11.1. The Hall–Kier alpha value is -3.56. The van der Waals surface area contributed by atoms with Crippen LogP contribution < -0.4 is 10.6 Å². The highest BCUT2D eigenvalue weighted by molar-refractivity contribution is 5.88. The van der Waals surface area contributed by atoms with Crippen LogP contribution >= 0.6 is 0 Å².